The molecule has 0 bridgehead atoms. The number of hydrogen-bond donors (Lipinski definition) is 1. The second-order valence-electron chi connectivity index (χ2n) is 4.44. The summed E-state index contributed by atoms with van der Waals surface area (Å²) in [5, 5.41) is 9.27. The fraction of sp³-hybridized carbons (Fsp3) is 1.00. The van der Waals surface area contributed by atoms with Crippen molar-refractivity contribution in [1.29, 1.82) is 0 Å². The van der Waals surface area contributed by atoms with E-state index in [0.29, 0.717) is 6.04 Å². The highest BCUT2D eigenvalue weighted by Gasteiger charge is 2.20. The van der Waals surface area contributed by atoms with Crippen LogP contribution >= 0.6 is 0 Å². The van der Waals surface area contributed by atoms with Gasteiger partial charge in [0.1, 0.15) is 0 Å². The minimum atomic E-state index is -0.190. The number of aliphatic hydroxyl groups is 1. The maximum absolute atomic E-state index is 9.27. The number of piperazine rings is 1. The third-order valence-electron chi connectivity index (χ3n) is 3.14. The fourth-order valence-electron chi connectivity index (χ4n) is 2.02. The first-order valence-electron chi connectivity index (χ1n) is 5.78. The van der Waals surface area contributed by atoms with Crippen molar-refractivity contribution in [3.8, 4) is 0 Å². The molecule has 1 N–H and O–H groups in total. The Balaban J connectivity index is 2.24. The molecular formula is C11H24N2O. The standard InChI is InChI=1S/C11H24N2O/c1-4-10(2)13-7-5-12(6-8-13)9-11(3)14/h10-11,14H,4-9H2,1-3H3/t10?,11-/m1/s1. The van der Waals surface area contributed by atoms with Crippen molar-refractivity contribution in [3.63, 3.8) is 0 Å². The molecule has 1 aliphatic rings. The monoisotopic (exact) mass is 200 g/mol. The maximum Gasteiger partial charge on any atom is 0.0639 e. The summed E-state index contributed by atoms with van der Waals surface area (Å²) in [7, 11) is 0. The van der Waals surface area contributed by atoms with Crippen molar-refractivity contribution in [2.24, 2.45) is 0 Å². The molecule has 0 aromatic rings. The summed E-state index contributed by atoms with van der Waals surface area (Å²) >= 11 is 0. The van der Waals surface area contributed by atoms with Crippen molar-refractivity contribution in [3.05, 3.63) is 0 Å². The summed E-state index contributed by atoms with van der Waals surface area (Å²) in [5.41, 5.74) is 0. The van der Waals surface area contributed by atoms with Crippen LogP contribution in [0.15, 0.2) is 0 Å². The molecule has 0 aromatic heterocycles. The van der Waals surface area contributed by atoms with Gasteiger partial charge >= 0.3 is 0 Å². The SMILES string of the molecule is CCC(C)N1CCN(C[C@@H](C)O)CC1. The van der Waals surface area contributed by atoms with Gasteiger partial charge in [-0.05, 0) is 20.3 Å². The molecule has 2 atom stereocenters. The molecule has 0 saturated carbocycles. The third-order valence-corrected chi connectivity index (χ3v) is 3.14. The van der Waals surface area contributed by atoms with Gasteiger partial charge in [0.05, 0.1) is 6.10 Å². The smallest absolute Gasteiger partial charge is 0.0639 e. The Kier molecular flexibility index (Phi) is 4.85. The van der Waals surface area contributed by atoms with E-state index in [-0.39, 0.29) is 6.10 Å². The van der Waals surface area contributed by atoms with E-state index in [9.17, 15) is 5.11 Å². The van der Waals surface area contributed by atoms with Crippen LogP contribution in [0.1, 0.15) is 27.2 Å². The van der Waals surface area contributed by atoms with Crippen molar-refractivity contribution >= 4 is 0 Å². The normalized spacial score (nSPS) is 24.9. The van der Waals surface area contributed by atoms with E-state index in [1.54, 1.807) is 0 Å². The summed E-state index contributed by atoms with van der Waals surface area (Å²) in [6, 6.07) is 0.712. The molecule has 1 unspecified atom stereocenters. The molecule has 84 valence electrons. The number of nitrogens with zero attached hydrogens (tertiary/aromatic N) is 2. The van der Waals surface area contributed by atoms with Gasteiger partial charge in [-0.15, -0.1) is 0 Å². The van der Waals surface area contributed by atoms with Gasteiger partial charge in [0.15, 0.2) is 0 Å². The van der Waals surface area contributed by atoms with Crippen LogP contribution in [0, 0.1) is 0 Å². The Morgan fingerprint density at radius 3 is 2.14 bits per heavy atom. The summed E-state index contributed by atoms with van der Waals surface area (Å²) < 4.78 is 0. The van der Waals surface area contributed by atoms with E-state index >= 15 is 0 Å². The minimum Gasteiger partial charge on any atom is -0.392 e. The zero-order chi connectivity index (χ0) is 10.6. The molecule has 3 heteroatoms. The molecule has 0 spiro atoms. The summed E-state index contributed by atoms with van der Waals surface area (Å²) in [6.45, 7) is 11.8. The van der Waals surface area contributed by atoms with Gasteiger partial charge in [-0.1, -0.05) is 6.92 Å². The summed E-state index contributed by atoms with van der Waals surface area (Å²) in [4.78, 5) is 4.89. The van der Waals surface area contributed by atoms with Gasteiger partial charge in [0.25, 0.3) is 0 Å². The van der Waals surface area contributed by atoms with Crippen molar-refractivity contribution in [1.82, 2.24) is 9.80 Å². The van der Waals surface area contributed by atoms with Gasteiger partial charge < -0.3 is 5.11 Å². The highest BCUT2D eigenvalue weighted by Crippen LogP contribution is 2.08. The highest BCUT2D eigenvalue weighted by atomic mass is 16.3. The molecule has 1 saturated heterocycles. The van der Waals surface area contributed by atoms with Crippen LogP contribution < -0.4 is 0 Å². The quantitative estimate of drug-likeness (QED) is 0.726. The number of rotatable bonds is 4. The topological polar surface area (TPSA) is 26.7 Å². The predicted octanol–water partition coefficient (Wildman–Crippen LogP) is 0.783. The van der Waals surface area contributed by atoms with Crippen LogP contribution in [0.2, 0.25) is 0 Å². The lowest BCUT2D eigenvalue weighted by atomic mass is 10.2. The Morgan fingerprint density at radius 1 is 1.14 bits per heavy atom. The first-order chi connectivity index (χ1) is 6.63. The van der Waals surface area contributed by atoms with Gasteiger partial charge in [0.2, 0.25) is 0 Å². The molecule has 14 heavy (non-hydrogen) atoms. The average molecular weight is 200 g/mol. The third kappa shape index (κ3) is 3.56. The molecular weight excluding hydrogens is 176 g/mol. The summed E-state index contributed by atoms with van der Waals surface area (Å²) in [5.74, 6) is 0. The van der Waals surface area contributed by atoms with Gasteiger partial charge in [-0.2, -0.15) is 0 Å². The fourth-order valence-corrected chi connectivity index (χ4v) is 2.02. The largest absolute Gasteiger partial charge is 0.392 e. The molecule has 1 rings (SSSR count). The Bertz CT molecular complexity index is 153. The second-order valence-corrected chi connectivity index (χ2v) is 4.44. The maximum atomic E-state index is 9.27. The molecule has 1 heterocycles. The number of hydrogen-bond acceptors (Lipinski definition) is 3. The highest BCUT2D eigenvalue weighted by molar-refractivity contribution is 4.76. The molecule has 0 radical (unpaired) electrons. The zero-order valence-electron chi connectivity index (χ0n) is 9.74. The number of aliphatic hydroxyl groups excluding tert-OH is 1. The van der Waals surface area contributed by atoms with Crippen LogP contribution in [0.4, 0.5) is 0 Å². The average Bonchev–Trinajstić information content (AvgIpc) is 2.17. The van der Waals surface area contributed by atoms with Gasteiger partial charge in [-0.25, -0.2) is 0 Å². The van der Waals surface area contributed by atoms with Crippen molar-refractivity contribution in [2.45, 2.75) is 39.3 Å². The van der Waals surface area contributed by atoms with Crippen LogP contribution in [0.25, 0.3) is 0 Å². The van der Waals surface area contributed by atoms with Crippen molar-refractivity contribution in [2.75, 3.05) is 32.7 Å². The number of β-amino-alcohol motifs (C(OH)–C–C–N with tert-alkyl or cyclic N) is 1. The van der Waals surface area contributed by atoms with Crippen LogP contribution in [0.3, 0.4) is 0 Å². The van der Waals surface area contributed by atoms with E-state index in [1.807, 2.05) is 6.92 Å². The van der Waals surface area contributed by atoms with E-state index < -0.39 is 0 Å². The van der Waals surface area contributed by atoms with E-state index in [4.69, 9.17) is 0 Å². The second kappa shape index (κ2) is 5.69. The summed E-state index contributed by atoms with van der Waals surface area (Å²) in [6.07, 6.45) is 1.04. The van der Waals surface area contributed by atoms with Crippen LogP contribution in [-0.4, -0.2) is 59.8 Å². The first-order valence-corrected chi connectivity index (χ1v) is 5.78. The lowest BCUT2D eigenvalue weighted by molar-refractivity contribution is 0.0649. The van der Waals surface area contributed by atoms with E-state index in [2.05, 4.69) is 23.6 Å². The Morgan fingerprint density at radius 2 is 1.71 bits per heavy atom. The lowest BCUT2D eigenvalue weighted by Gasteiger charge is -2.38. The van der Waals surface area contributed by atoms with Crippen LogP contribution in [0.5, 0.6) is 0 Å². The van der Waals surface area contributed by atoms with Gasteiger partial charge in [-0.3, -0.25) is 9.80 Å². The predicted molar refractivity (Wildman–Crippen MR) is 59.4 cm³/mol. The van der Waals surface area contributed by atoms with E-state index in [0.717, 1.165) is 32.7 Å². The molecule has 0 aromatic carbocycles. The van der Waals surface area contributed by atoms with Crippen molar-refractivity contribution < 1.29 is 5.11 Å². The Hall–Kier alpha value is -0.120. The molecule has 3 nitrogen and oxygen atoms in total. The van der Waals surface area contributed by atoms with Gasteiger partial charge in [0, 0.05) is 38.8 Å². The molecule has 1 fully saturated rings. The Labute approximate surface area is 87.7 Å². The zero-order valence-corrected chi connectivity index (χ0v) is 9.74. The molecule has 1 aliphatic heterocycles. The molecule has 0 aliphatic carbocycles. The first kappa shape index (κ1) is 12.0. The minimum absolute atomic E-state index is 0.190. The van der Waals surface area contributed by atoms with Crippen LogP contribution in [-0.2, 0) is 0 Å². The lowest BCUT2D eigenvalue weighted by Crippen LogP contribution is -2.50. The molecule has 0 amide bonds. The van der Waals surface area contributed by atoms with E-state index in [1.165, 1.54) is 6.42 Å².